The van der Waals surface area contributed by atoms with Crippen molar-refractivity contribution in [3.63, 3.8) is 0 Å². The van der Waals surface area contributed by atoms with Crippen LogP contribution in [0.4, 0.5) is 0 Å². The normalized spacial score (nSPS) is 12.6. The summed E-state index contributed by atoms with van der Waals surface area (Å²) in [6.45, 7) is 5.42. The first-order chi connectivity index (χ1) is 5.70. The fourth-order valence-corrected chi connectivity index (χ4v) is 1.61. The zero-order chi connectivity index (χ0) is 9.40. The van der Waals surface area contributed by atoms with E-state index < -0.39 is 0 Å². The highest BCUT2D eigenvalue weighted by Crippen LogP contribution is 2.05. The third-order valence-electron chi connectivity index (χ3n) is 1.41. The Morgan fingerprint density at radius 2 is 2.33 bits per heavy atom. The van der Waals surface area contributed by atoms with Crippen molar-refractivity contribution in [3.8, 4) is 0 Å². The highest BCUT2D eigenvalue weighted by molar-refractivity contribution is 7.99. The van der Waals surface area contributed by atoms with Gasteiger partial charge in [-0.05, 0) is 25.1 Å². The van der Waals surface area contributed by atoms with Crippen LogP contribution in [-0.4, -0.2) is 30.5 Å². The maximum Gasteiger partial charge on any atom is 0.229 e. The number of carbonyl (C=O) groups excluding carboxylic acids is 1. The monoisotopic (exact) mass is 190 g/mol. The molecule has 0 fully saturated rings. The van der Waals surface area contributed by atoms with Crippen LogP contribution in [0.3, 0.4) is 0 Å². The first kappa shape index (κ1) is 11.8. The fourth-order valence-electron chi connectivity index (χ4n) is 0.669. The van der Waals surface area contributed by atoms with Crippen molar-refractivity contribution in [1.82, 2.24) is 5.32 Å². The molecule has 4 heteroatoms. The maximum absolute atomic E-state index is 10.9. The average molecular weight is 190 g/mol. The first-order valence-electron chi connectivity index (χ1n) is 4.25. The molecule has 1 atom stereocenters. The second-order valence-electron chi connectivity index (χ2n) is 2.81. The molecule has 3 nitrogen and oxygen atoms in total. The second kappa shape index (κ2) is 7.43. The van der Waals surface area contributed by atoms with E-state index >= 15 is 0 Å². The molecule has 1 unspecified atom stereocenters. The summed E-state index contributed by atoms with van der Waals surface area (Å²) in [7, 11) is 0. The lowest BCUT2D eigenvalue weighted by Gasteiger charge is -2.06. The van der Waals surface area contributed by atoms with Crippen LogP contribution in [0.2, 0.25) is 0 Å². The van der Waals surface area contributed by atoms with Crippen molar-refractivity contribution in [2.75, 3.05) is 24.6 Å². The van der Waals surface area contributed by atoms with E-state index in [0.717, 1.165) is 5.75 Å². The number of amides is 1. The molecule has 0 bridgehead atoms. The number of nitrogens with two attached hydrogens (primary N) is 1. The molecule has 3 N–H and O–H groups in total. The number of hydrogen-bond donors (Lipinski definition) is 2. The van der Waals surface area contributed by atoms with Crippen LogP contribution in [0.5, 0.6) is 0 Å². The molecule has 0 spiro atoms. The van der Waals surface area contributed by atoms with Crippen molar-refractivity contribution in [3.05, 3.63) is 0 Å². The van der Waals surface area contributed by atoms with Gasteiger partial charge in [0, 0.05) is 6.54 Å². The van der Waals surface area contributed by atoms with Gasteiger partial charge in [-0.25, -0.2) is 0 Å². The third-order valence-corrected chi connectivity index (χ3v) is 2.68. The Morgan fingerprint density at radius 1 is 1.67 bits per heavy atom. The Hall–Kier alpha value is -0.220. The highest BCUT2D eigenvalue weighted by Gasteiger charge is 2.02. The lowest BCUT2D eigenvalue weighted by molar-refractivity contribution is -0.118. The van der Waals surface area contributed by atoms with Gasteiger partial charge in [-0.3, -0.25) is 4.79 Å². The molecular weight excluding hydrogens is 172 g/mol. The molecule has 1 amide bonds. The maximum atomic E-state index is 10.9. The minimum Gasteiger partial charge on any atom is -0.356 e. The van der Waals surface area contributed by atoms with Gasteiger partial charge in [-0.2, -0.15) is 11.8 Å². The Labute approximate surface area is 78.5 Å². The third kappa shape index (κ3) is 6.49. The standard InChI is InChI=1S/C8H18N2OS/c1-3-10-8(11)6-12-5-7(2)4-9/h7H,3-6,9H2,1-2H3,(H,10,11). The van der Waals surface area contributed by atoms with Crippen molar-refractivity contribution >= 4 is 17.7 Å². The minimum atomic E-state index is 0.117. The smallest absolute Gasteiger partial charge is 0.229 e. The van der Waals surface area contributed by atoms with E-state index in [1.807, 2.05) is 6.92 Å². The summed E-state index contributed by atoms with van der Waals surface area (Å²) in [5.74, 6) is 2.14. The van der Waals surface area contributed by atoms with Crippen LogP contribution in [0.1, 0.15) is 13.8 Å². The zero-order valence-corrected chi connectivity index (χ0v) is 8.62. The molecule has 0 saturated heterocycles. The zero-order valence-electron chi connectivity index (χ0n) is 7.80. The molecule has 0 aliphatic rings. The van der Waals surface area contributed by atoms with Crippen LogP contribution in [0, 0.1) is 5.92 Å². The topological polar surface area (TPSA) is 55.1 Å². The quantitative estimate of drug-likeness (QED) is 0.639. The van der Waals surface area contributed by atoms with Crippen molar-refractivity contribution in [2.24, 2.45) is 11.7 Å². The van der Waals surface area contributed by atoms with E-state index in [2.05, 4.69) is 12.2 Å². The molecule has 0 aliphatic heterocycles. The van der Waals surface area contributed by atoms with Gasteiger partial charge < -0.3 is 11.1 Å². The number of carbonyl (C=O) groups is 1. The van der Waals surface area contributed by atoms with Gasteiger partial charge >= 0.3 is 0 Å². The lowest BCUT2D eigenvalue weighted by Crippen LogP contribution is -2.25. The van der Waals surface area contributed by atoms with Gasteiger partial charge in [-0.1, -0.05) is 6.92 Å². The minimum absolute atomic E-state index is 0.117. The van der Waals surface area contributed by atoms with E-state index in [1.165, 1.54) is 0 Å². The van der Waals surface area contributed by atoms with Crippen molar-refractivity contribution in [2.45, 2.75) is 13.8 Å². The lowest BCUT2D eigenvalue weighted by atomic mass is 10.2. The van der Waals surface area contributed by atoms with Crippen LogP contribution < -0.4 is 11.1 Å². The van der Waals surface area contributed by atoms with Gasteiger partial charge in [0.2, 0.25) is 5.91 Å². The van der Waals surface area contributed by atoms with Crippen molar-refractivity contribution in [1.29, 1.82) is 0 Å². The summed E-state index contributed by atoms with van der Waals surface area (Å²) in [5, 5.41) is 2.75. The predicted molar refractivity (Wildman–Crippen MR) is 54.2 cm³/mol. The molecule has 0 rings (SSSR count). The Kier molecular flexibility index (Phi) is 7.29. The largest absolute Gasteiger partial charge is 0.356 e. The van der Waals surface area contributed by atoms with E-state index in [9.17, 15) is 4.79 Å². The molecule has 0 aromatic heterocycles. The van der Waals surface area contributed by atoms with Crippen LogP contribution in [-0.2, 0) is 4.79 Å². The molecule has 0 aliphatic carbocycles. The molecule has 0 aromatic rings. The molecule has 0 saturated carbocycles. The molecule has 0 aromatic carbocycles. The second-order valence-corrected chi connectivity index (χ2v) is 3.84. The number of rotatable bonds is 6. The van der Waals surface area contributed by atoms with E-state index in [4.69, 9.17) is 5.73 Å². The molecule has 0 heterocycles. The average Bonchev–Trinajstić information content (AvgIpc) is 2.04. The van der Waals surface area contributed by atoms with Gasteiger partial charge in [0.25, 0.3) is 0 Å². The van der Waals surface area contributed by atoms with Gasteiger partial charge in [0.15, 0.2) is 0 Å². The van der Waals surface area contributed by atoms with Gasteiger partial charge in [0.1, 0.15) is 0 Å². The van der Waals surface area contributed by atoms with Crippen LogP contribution >= 0.6 is 11.8 Å². The van der Waals surface area contributed by atoms with Crippen LogP contribution in [0.25, 0.3) is 0 Å². The number of thioether (sulfide) groups is 1. The molecule has 0 radical (unpaired) electrons. The predicted octanol–water partition coefficient (Wildman–Crippen LogP) is 0.451. The Morgan fingerprint density at radius 3 is 2.83 bits per heavy atom. The summed E-state index contributed by atoms with van der Waals surface area (Å²) in [4.78, 5) is 10.9. The number of nitrogens with one attached hydrogen (secondary N) is 1. The van der Waals surface area contributed by atoms with Crippen LogP contribution in [0.15, 0.2) is 0 Å². The van der Waals surface area contributed by atoms with Gasteiger partial charge in [0.05, 0.1) is 5.75 Å². The SMILES string of the molecule is CCNC(=O)CSCC(C)CN. The van der Waals surface area contributed by atoms with E-state index in [-0.39, 0.29) is 5.91 Å². The van der Waals surface area contributed by atoms with E-state index in [1.54, 1.807) is 11.8 Å². The van der Waals surface area contributed by atoms with E-state index in [0.29, 0.717) is 24.8 Å². The summed E-state index contributed by atoms with van der Waals surface area (Å²) in [6, 6.07) is 0. The van der Waals surface area contributed by atoms with Crippen molar-refractivity contribution < 1.29 is 4.79 Å². The Balaban J connectivity index is 3.24. The fraction of sp³-hybridized carbons (Fsp3) is 0.875. The number of hydrogen-bond acceptors (Lipinski definition) is 3. The first-order valence-corrected chi connectivity index (χ1v) is 5.40. The summed E-state index contributed by atoms with van der Waals surface area (Å²) in [6.07, 6.45) is 0. The molecule has 72 valence electrons. The summed E-state index contributed by atoms with van der Waals surface area (Å²) in [5.41, 5.74) is 5.43. The summed E-state index contributed by atoms with van der Waals surface area (Å²) >= 11 is 1.64. The summed E-state index contributed by atoms with van der Waals surface area (Å²) < 4.78 is 0. The Bertz CT molecular complexity index is 130. The molecule has 12 heavy (non-hydrogen) atoms. The highest BCUT2D eigenvalue weighted by atomic mass is 32.2. The molecular formula is C8H18N2OS. The van der Waals surface area contributed by atoms with Gasteiger partial charge in [-0.15, -0.1) is 0 Å².